The molecule has 0 aliphatic carbocycles. The summed E-state index contributed by atoms with van der Waals surface area (Å²) in [5.74, 6) is 5.57. The zero-order valence-electron chi connectivity index (χ0n) is 10.6. The van der Waals surface area contributed by atoms with Crippen molar-refractivity contribution in [1.82, 2.24) is 9.88 Å². The fourth-order valence-electron chi connectivity index (χ4n) is 2.19. The van der Waals surface area contributed by atoms with Crippen LogP contribution in [0.1, 0.15) is 23.7 Å². The normalized spacial score (nSPS) is 23.3. The molecule has 1 fully saturated rings. The number of nitrogen functional groups attached to an aromatic ring is 1. The largest absolute Gasteiger partial charge is 0.393 e. The number of carbonyl (C=O) groups is 1. The Balaban J connectivity index is 2.17. The zero-order chi connectivity index (χ0) is 14.0. The summed E-state index contributed by atoms with van der Waals surface area (Å²) in [4.78, 5) is 18.0. The third-order valence-corrected chi connectivity index (χ3v) is 3.53. The van der Waals surface area contributed by atoms with Crippen LogP contribution in [0.4, 0.5) is 5.82 Å². The van der Waals surface area contributed by atoms with Crippen LogP contribution < -0.4 is 11.3 Å². The molecule has 2 unspecified atom stereocenters. The number of aliphatic hydroxyl groups excluding tert-OH is 1. The molecule has 0 bridgehead atoms. The number of hydrazine groups is 1. The van der Waals surface area contributed by atoms with E-state index in [2.05, 4.69) is 10.4 Å². The van der Waals surface area contributed by atoms with Crippen molar-refractivity contribution >= 4 is 23.3 Å². The molecule has 7 heteroatoms. The summed E-state index contributed by atoms with van der Waals surface area (Å²) >= 11 is 5.85. The Hall–Kier alpha value is -1.37. The number of nitrogens with one attached hydrogen (secondary N) is 1. The van der Waals surface area contributed by atoms with Crippen LogP contribution in [0, 0.1) is 5.92 Å². The third-order valence-electron chi connectivity index (χ3n) is 3.34. The summed E-state index contributed by atoms with van der Waals surface area (Å²) < 4.78 is 0. The predicted octanol–water partition coefficient (Wildman–Crippen LogP) is 0.864. The molecule has 6 nitrogen and oxygen atoms in total. The highest BCUT2D eigenvalue weighted by Gasteiger charge is 2.28. The van der Waals surface area contributed by atoms with E-state index in [1.165, 1.54) is 6.07 Å². The number of pyridine rings is 1. The van der Waals surface area contributed by atoms with Crippen molar-refractivity contribution in [1.29, 1.82) is 0 Å². The second-order valence-corrected chi connectivity index (χ2v) is 5.18. The number of carbonyl (C=O) groups excluding carboxylic acids is 1. The van der Waals surface area contributed by atoms with Gasteiger partial charge in [0.25, 0.3) is 5.91 Å². The molecule has 2 heterocycles. The van der Waals surface area contributed by atoms with E-state index in [1.54, 1.807) is 11.0 Å². The summed E-state index contributed by atoms with van der Waals surface area (Å²) in [6.07, 6.45) is 0.250. The molecule has 1 saturated heterocycles. The van der Waals surface area contributed by atoms with Crippen molar-refractivity contribution in [2.75, 3.05) is 18.5 Å². The summed E-state index contributed by atoms with van der Waals surface area (Å²) in [5, 5.41) is 9.89. The first-order valence-corrected chi connectivity index (χ1v) is 6.50. The van der Waals surface area contributed by atoms with E-state index in [0.717, 1.165) is 0 Å². The van der Waals surface area contributed by atoms with E-state index in [-0.39, 0.29) is 23.1 Å². The van der Waals surface area contributed by atoms with Crippen molar-refractivity contribution in [2.24, 2.45) is 11.8 Å². The lowest BCUT2D eigenvalue weighted by Gasteiger charge is -2.34. The van der Waals surface area contributed by atoms with Crippen LogP contribution in [0.15, 0.2) is 12.1 Å². The number of anilines is 1. The number of nitrogens with zero attached hydrogens (tertiary/aromatic N) is 2. The summed E-state index contributed by atoms with van der Waals surface area (Å²) in [6, 6.07) is 3.07. The highest BCUT2D eigenvalue weighted by Crippen LogP contribution is 2.21. The molecule has 2 rings (SSSR count). The molecular formula is C12H17ClN4O2. The van der Waals surface area contributed by atoms with Crippen LogP contribution in [0.2, 0.25) is 5.15 Å². The maximum atomic E-state index is 12.4. The van der Waals surface area contributed by atoms with Crippen molar-refractivity contribution in [3.63, 3.8) is 0 Å². The van der Waals surface area contributed by atoms with Gasteiger partial charge in [-0.25, -0.2) is 10.8 Å². The Kier molecular flexibility index (Phi) is 4.24. The lowest BCUT2D eigenvalue weighted by molar-refractivity contribution is 0.0297. The van der Waals surface area contributed by atoms with Crippen molar-refractivity contribution in [3.05, 3.63) is 22.8 Å². The molecule has 0 saturated carbocycles. The minimum absolute atomic E-state index is 0.0714. The number of aromatic nitrogens is 1. The van der Waals surface area contributed by atoms with Crippen LogP contribution in [0.5, 0.6) is 0 Å². The lowest BCUT2D eigenvalue weighted by Crippen LogP contribution is -2.45. The Labute approximate surface area is 116 Å². The average Bonchev–Trinajstić information content (AvgIpc) is 2.40. The number of nitrogens with two attached hydrogens (primary N) is 1. The molecule has 4 N–H and O–H groups in total. The zero-order valence-corrected chi connectivity index (χ0v) is 11.4. The van der Waals surface area contributed by atoms with Crippen LogP contribution in [-0.4, -0.2) is 40.1 Å². The van der Waals surface area contributed by atoms with Gasteiger partial charge in [0.2, 0.25) is 0 Å². The topological polar surface area (TPSA) is 91.5 Å². The molecule has 1 aromatic heterocycles. The molecular weight excluding hydrogens is 268 g/mol. The Bertz CT molecular complexity index is 483. The number of hydrogen-bond acceptors (Lipinski definition) is 5. The quantitative estimate of drug-likeness (QED) is 0.426. The molecule has 0 radical (unpaired) electrons. The minimum atomic E-state index is -0.341. The first-order chi connectivity index (χ1) is 9.01. The number of rotatable bonds is 2. The molecule has 2 atom stereocenters. The molecule has 1 aromatic rings. The molecule has 1 amide bonds. The van der Waals surface area contributed by atoms with Gasteiger partial charge in [-0.1, -0.05) is 18.5 Å². The Morgan fingerprint density at radius 3 is 3.00 bits per heavy atom. The summed E-state index contributed by atoms with van der Waals surface area (Å²) in [5.41, 5.74) is 2.82. The van der Waals surface area contributed by atoms with E-state index in [1.807, 2.05) is 6.92 Å². The predicted molar refractivity (Wildman–Crippen MR) is 72.7 cm³/mol. The SMILES string of the molecule is CC1CN(C(=O)c2cc(Cl)nc(NN)c2)CCC1O. The smallest absolute Gasteiger partial charge is 0.254 e. The number of hydrogen-bond donors (Lipinski definition) is 3. The monoisotopic (exact) mass is 284 g/mol. The molecule has 0 spiro atoms. The minimum Gasteiger partial charge on any atom is -0.393 e. The fraction of sp³-hybridized carbons (Fsp3) is 0.500. The summed E-state index contributed by atoms with van der Waals surface area (Å²) in [7, 11) is 0. The summed E-state index contributed by atoms with van der Waals surface area (Å²) in [6.45, 7) is 3.00. The Morgan fingerprint density at radius 1 is 1.63 bits per heavy atom. The molecule has 104 valence electrons. The number of likely N-dealkylation sites (tertiary alicyclic amines) is 1. The van der Waals surface area contributed by atoms with Gasteiger partial charge < -0.3 is 15.4 Å². The molecule has 19 heavy (non-hydrogen) atoms. The molecule has 1 aliphatic rings. The number of halogens is 1. The Morgan fingerprint density at radius 2 is 2.37 bits per heavy atom. The highest BCUT2D eigenvalue weighted by molar-refractivity contribution is 6.29. The van der Waals surface area contributed by atoms with E-state index < -0.39 is 0 Å². The maximum absolute atomic E-state index is 12.4. The van der Waals surface area contributed by atoms with Crippen molar-refractivity contribution < 1.29 is 9.90 Å². The van der Waals surface area contributed by atoms with Gasteiger partial charge in [-0.15, -0.1) is 0 Å². The van der Waals surface area contributed by atoms with Gasteiger partial charge in [-0.3, -0.25) is 4.79 Å². The van der Waals surface area contributed by atoms with E-state index >= 15 is 0 Å². The maximum Gasteiger partial charge on any atom is 0.254 e. The van der Waals surface area contributed by atoms with E-state index in [4.69, 9.17) is 17.4 Å². The number of aliphatic hydroxyl groups is 1. The van der Waals surface area contributed by atoms with E-state index in [9.17, 15) is 9.90 Å². The molecule has 1 aliphatic heterocycles. The van der Waals surface area contributed by atoms with Crippen molar-refractivity contribution in [2.45, 2.75) is 19.4 Å². The van der Waals surface area contributed by atoms with Crippen LogP contribution in [0.25, 0.3) is 0 Å². The van der Waals surface area contributed by atoms with Crippen LogP contribution in [-0.2, 0) is 0 Å². The van der Waals surface area contributed by atoms with Gasteiger partial charge in [0.15, 0.2) is 0 Å². The first-order valence-electron chi connectivity index (χ1n) is 6.13. The van der Waals surface area contributed by atoms with Gasteiger partial charge in [0.1, 0.15) is 11.0 Å². The first kappa shape index (κ1) is 14.0. The average molecular weight is 285 g/mol. The van der Waals surface area contributed by atoms with Gasteiger partial charge in [-0.05, 0) is 24.5 Å². The van der Waals surface area contributed by atoms with Gasteiger partial charge in [0.05, 0.1) is 6.10 Å². The standard InChI is InChI=1S/C12H17ClN4O2/c1-7-6-17(3-2-9(7)18)12(19)8-4-10(13)15-11(5-8)16-14/h4-5,7,9,18H,2-3,6,14H2,1H3,(H,15,16). The second-order valence-electron chi connectivity index (χ2n) is 4.79. The van der Waals surface area contributed by atoms with Gasteiger partial charge in [0, 0.05) is 18.7 Å². The van der Waals surface area contributed by atoms with Gasteiger partial charge >= 0.3 is 0 Å². The van der Waals surface area contributed by atoms with Crippen LogP contribution >= 0.6 is 11.6 Å². The second kappa shape index (κ2) is 5.73. The van der Waals surface area contributed by atoms with E-state index in [0.29, 0.717) is 30.9 Å². The van der Waals surface area contributed by atoms with Gasteiger partial charge in [-0.2, -0.15) is 0 Å². The number of amides is 1. The highest BCUT2D eigenvalue weighted by atomic mass is 35.5. The lowest BCUT2D eigenvalue weighted by atomic mass is 9.96. The van der Waals surface area contributed by atoms with Crippen LogP contribution in [0.3, 0.4) is 0 Å². The third kappa shape index (κ3) is 3.15. The van der Waals surface area contributed by atoms with Crippen molar-refractivity contribution in [3.8, 4) is 0 Å². The molecule has 0 aromatic carbocycles. The fourth-order valence-corrected chi connectivity index (χ4v) is 2.40. The number of piperidine rings is 1.